The molecule has 4 nitrogen and oxygen atoms in total. The van der Waals surface area contributed by atoms with Crippen LogP contribution < -0.4 is 10.1 Å². The van der Waals surface area contributed by atoms with Gasteiger partial charge in [0.1, 0.15) is 5.75 Å². The van der Waals surface area contributed by atoms with Crippen molar-refractivity contribution in [3.63, 3.8) is 0 Å². The van der Waals surface area contributed by atoms with E-state index in [1.807, 2.05) is 11.4 Å². The van der Waals surface area contributed by atoms with Crippen molar-refractivity contribution in [2.24, 2.45) is 0 Å². The zero-order valence-corrected chi connectivity index (χ0v) is 16.1. The van der Waals surface area contributed by atoms with Crippen LogP contribution in [0.25, 0.3) is 0 Å². The topological polar surface area (TPSA) is 51.2 Å². The Balaban J connectivity index is 2.15. The molecule has 0 bridgehead atoms. The molecule has 0 saturated carbocycles. The van der Waals surface area contributed by atoms with Gasteiger partial charge in [-0.1, -0.05) is 53.7 Å². The smallest absolute Gasteiger partial charge is 0.264 e. The second-order valence-electron chi connectivity index (χ2n) is 7.89. The molecule has 0 aliphatic heterocycles. The number of amides is 1. The highest BCUT2D eigenvalue weighted by molar-refractivity contribution is 7.13. The van der Waals surface area contributed by atoms with Gasteiger partial charge in [-0.2, -0.15) is 0 Å². The summed E-state index contributed by atoms with van der Waals surface area (Å²) in [7, 11) is 0. The van der Waals surface area contributed by atoms with Gasteiger partial charge in [0.25, 0.3) is 5.91 Å². The second kappa shape index (κ2) is 6.93. The quantitative estimate of drug-likeness (QED) is 0.868. The minimum atomic E-state index is -0.204. The lowest BCUT2D eigenvalue weighted by Crippen LogP contribution is -2.22. The van der Waals surface area contributed by atoms with Gasteiger partial charge in [0.2, 0.25) is 0 Å². The fraction of sp³-hybridized carbons (Fsp3) is 0.474. The molecule has 0 radical (unpaired) electrons. The second-order valence-corrected chi connectivity index (χ2v) is 8.78. The maximum atomic E-state index is 12.0. The summed E-state index contributed by atoms with van der Waals surface area (Å²) >= 11 is 1.39. The molecule has 1 aromatic heterocycles. The monoisotopic (exact) mass is 346 g/mol. The van der Waals surface area contributed by atoms with Gasteiger partial charge in [-0.3, -0.25) is 10.1 Å². The van der Waals surface area contributed by atoms with Gasteiger partial charge in [-0.05, 0) is 28.0 Å². The molecule has 1 amide bonds. The van der Waals surface area contributed by atoms with E-state index in [0.717, 1.165) is 11.3 Å². The van der Waals surface area contributed by atoms with E-state index in [0.29, 0.717) is 5.13 Å². The van der Waals surface area contributed by atoms with Crippen LogP contribution in [-0.4, -0.2) is 17.5 Å². The summed E-state index contributed by atoms with van der Waals surface area (Å²) in [6, 6.07) is 6.23. The molecule has 0 fully saturated rings. The van der Waals surface area contributed by atoms with E-state index in [-0.39, 0.29) is 23.3 Å². The molecule has 1 heterocycles. The van der Waals surface area contributed by atoms with Crippen LogP contribution in [-0.2, 0) is 15.6 Å². The number of thiazole rings is 1. The SMILES string of the molecule is CC(C)(C)c1ccc(OCC(=O)Nc2nccs2)c(C(C)(C)C)c1. The lowest BCUT2D eigenvalue weighted by Gasteiger charge is -2.27. The normalized spacial score (nSPS) is 12.1. The number of anilines is 1. The van der Waals surface area contributed by atoms with Gasteiger partial charge in [0, 0.05) is 11.6 Å². The molecular weight excluding hydrogens is 320 g/mol. The first-order valence-corrected chi connectivity index (χ1v) is 8.92. The number of nitrogens with one attached hydrogen (secondary N) is 1. The molecule has 130 valence electrons. The van der Waals surface area contributed by atoms with Crippen LogP contribution in [0.15, 0.2) is 29.8 Å². The highest BCUT2D eigenvalue weighted by Gasteiger charge is 2.23. The Hall–Kier alpha value is -1.88. The first-order valence-electron chi connectivity index (χ1n) is 8.04. The Kier molecular flexibility index (Phi) is 5.33. The van der Waals surface area contributed by atoms with Crippen LogP contribution >= 0.6 is 11.3 Å². The Bertz CT molecular complexity index is 695. The molecule has 0 aliphatic carbocycles. The van der Waals surface area contributed by atoms with E-state index in [1.54, 1.807) is 6.20 Å². The Morgan fingerprint density at radius 3 is 2.42 bits per heavy atom. The zero-order valence-electron chi connectivity index (χ0n) is 15.3. The summed E-state index contributed by atoms with van der Waals surface area (Å²) < 4.78 is 5.81. The van der Waals surface area contributed by atoms with Crippen molar-refractivity contribution in [2.45, 2.75) is 52.4 Å². The van der Waals surface area contributed by atoms with E-state index < -0.39 is 0 Å². The van der Waals surface area contributed by atoms with Crippen LogP contribution in [0.1, 0.15) is 52.7 Å². The standard InChI is InChI=1S/C19H26N2O2S/c1-18(2,3)13-7-8-15(14(11-13)19(4,5)6)23-12-16(22)21-17-20-9-10-24-17/h7-11H,12H2,1-6H3,(H,20,21,22). The first kappa shape index (κ1) is 18.5. The summed E-state index contributed by atoms with van der Waals surface area (Å²) in [6.07, 6.45) is 1.66. The van der Waals surface area contributed by atoms with E-state index in [4.69, 9.17) is 4.74 Å². The largest absolute Gasteiger partial charge is 0.483 e. The number of hydrogen-bond donors (Lipinski definition) is 1. The van der Waals surface area contributed by atoms with Crippen molar-refractivity contribution in [1.29, 1.82) is 0 Å². The molecule has 0 spiro atoms. The third kappa shape index (κ3) is 4.81. The number of nitrogens with zero attached hydrogens (tertiary/aromatic N) is 1. The van der Waals surface area contributed by atoms with Gasteiger partial charge in [0.15, 0.2) is 11.7 Å². The minimum absolute atomic E-state index is 0.0302. The maximum absolute atomic E-state index is 12.0. The average Bonchev–Trinajstić information content (AvgIpc) is 2.95. The van der Waals surface area contributed by atoms with E-state index in [2.05, 4.69) is 64.0 Å². The molecule has 0 atom stereocenters. The predicted octanol–water partition coefficient (Wildman–Crippen LogP) is 4.76. The fourth-order valence-corrected chi connectivity index (χ4v) is 2.84. The van der Waals surface area contributed by atoms with Crippen molar-refractivity contribution in [3.05, 3.63) is 40.9 Å². The van der Waals surface area contributed by atoms with Crippen LogP contribution in [0.4, 0.5) is 5.13 Å². The molecule has 5 heteroatoms. The van der Waals surface area contributed by atoms with Gasteiger partial charge in [-0.25, -0.2) is 4.98 Å². The van der Waals surface area contributed by atoms with Crippen molar-refractivity contribution in [3.8, 4) is 5.75 Å². The van der Waals surface area contributed by atoms with Crippen LogP contribution in [0, 0.1) is 0 Å². The Labute approximate surface area is 148 Å². The van der Waals surface area contributed by atoms with Gasteiger partial charge in [0.05, 0.1) is 0 Å². The highest BCUT2D eigenvalue weighted by Crippen LogP contribution is 2.35. The number of aromatic nitrogens is 1. The molecule has 0 saturated heterocycles. The number of ether oxygens (including phenoxy) is 1. The molecule has 2 aromatic rings. The number of benzene rings is 1. The molecular formula is C19H26N2O2S. The molecule has 1 N–H and O–H groups in total. The van der Waals surface area contributed by atoms with Crippen LogP contribution in [0.2, 0.25) is 0 Å². The van der Waals surface area contributed by atoms with Gasteiger partial charge < -0.3 is 4.74 Å². The average molecular weight is 346 g/mol. The van der Waals surface area contributed by atoms with Crippen molar-refractivity contribution >= 4 is 22.4 Å². The van der Waals surface area contributed by atoms with Crippen molar-refractivity contribution in [2.75, 3.05) is 11.9 Å². The van der Waals surface area contributed by atoms with E-state index in [9.17, 15) is 4.79 Å². The number of carbonyl (C=O) groups excluding carboxylic acids is 1. The summed E-state index contributed by atoms with van der Waals surface area (Å²) in [5, 5.41) is 5.13. The van der Waals surface area contributed by atoms with Crippen LogP contribution in [0.5, 0.6) is 5.75 Å². The fourth-order valence-electron chi connectivity index (χ4n) is 2.29. The molecule has 1 aromatic carbocycles. The summed E-state index contributed by atoms with van der Waals surface area (Å²) in [4.78, 5) is 16.0. The molecule has 0 aliphatic rings. The highest BCUT2D eigenvalue weighted by atomic mass is 32.1. The number of carbonyl (C=O) groups is 1. The van der Waals surface area contributed by atoms with Gasteiger partial charge in [-0.15, -0.1) is 11.3 Å². The lowest BCUT2D eigenvalue weighted by molar-refractivity contribution is -0.118. The molecule has 24 heavy (non-hydrogen) atoms. The predicted molar refractivity (Wildman–Crippen MR) is 100 cm³/mol. The first-order chi connectivity index (χ1) is 11.1. The maximum Gasteiger partial charge on any atom is 0.264 e. The Morgan fingerprint density at radius 1 is 1.17 bits per heavy atom. The third-order valence-corrected chi connectivity index (χ3v) is 4.38. The van der Waals surface area contributed by atoms with Crippen LogP contribution in [0.3, 0.4) is 0 Å². The summed E-state index contributed by atoms with van der Waals surface area (Å²) in [6.45, 7) is 13.0. The molecule has 2 rings (SSSR count). The zero-order chi connectivity index (χ0) is 18.0. The van der Waals surface area contributed by atoms with Gasteiger partial charge >= 0.3 is 0 Å². The third-order valence-electron chi connectivity index (χ3n) is 3.69. The summed E-state index contributed by atoms with van der Waals surface area (Å²) in [5.74, 6) is 0.550. The van der Waals surface area contributed by atoms with Crippen molar-refractivity contribution < 1.29 is 9.53 Å². The van der Waals surface area contributed by atoms with E-state index in [1.165, 1.54) is 16.9 Å². The lowest BCUT2D eigenvalue weighted by atomic mass is 9.80. The van der Waals surface area contributed by atoms with E-state index >= 15 is 0 Å². The van der Waals surface area contributed by atoms with Crippen molar-refractivity contribution in [1.82, 2.24) is 4.98 Å². The molecule has 0 unspecified atom stereocenters. The number of hydrogen-bond acceptors (Lipinski definition) is 4. The Morgan fingerprint density at radius 2 is 1.88 bits per heavy atom. The minimum Gasteiger partial charge on any atom is -0.483 e. The summed E-state index contributed by atoms with van der Waals surface area (Å²) in [5.41, 5.74) is 2.37. The number of rotatable bonds is 4.